The van der Waals surface area contributed by atoms with Crippen LogP contribution in [0.25, 0.3) is 0 Å². The van der Waals surface area contributed by atoms with Gasteiger partial charge in [-0.15, -0.1) is 0 Å². The van der Waals surface area contributed by atoms with E-state index in [4.69, 9.17) is 4.52 Å². The number of hydrogen-bond acceptors (Lipinski definition) is 4. The first-order valence-corrected chi connectivity index (χ1v) is 8.22. The predicted octanol–water partition coefficient (Wildman–Crippen LogP) is 2.33. The molecule has 0 spiro atoms. The molecule has 0 unspecified atom stereocenters. The van der Waals surface area contributed by atoms with Gasteiger partial charge < -0.3 is 14.3 Å². The van der Waals surface area contributed by atoms with Crippen molar-refractivity contribution in [2.75, 3.05) is 13.1 Å². The summed E-state index contributed by atoms with van der Waals surface area (Å²) in [7, 11) is 0. The maximum atomic E-state index is 12.6. The molecule has 2 aromatic rings. The van der Waals surface area contributed by atoms with Crippen LogP contribution in [-0.2, 0) is 11.3 Å². The van der Waals surface area contributed by atoms with Crippen molar-refractivity contribution in [2.45, 2.75) is 32.4 Å². The Bertz CT molecular complexity index is 685. The SMILES string of the molecule is CC[C@@H]1CN(C(=O)c2ccon2)CCC(=O)N1Cc1ccccc1. The van der Waals surface area contributed by atoms with Gasteiger partial charge in [0, 0.05) is 38.2 Å². The summed E-state index contributed by atoms with van der Waals surface area (Å²) < 4.78 is 4.76. The van der Waals surface area contributed by atoms with E-state index in [0.29, 0.717) is 26.1 Å². The first kappa shape index (κ1) is 16.2. The van der Waals surface area contributed by atoms with Gasteiger partial charge in [-0.3, -0.25) is 9.59 Å². The van der Waals surface area contributed by atoms with E-state index < -0.39 is 0 Å². The number of nitrogens with zero attached hydrogens (tertiary/aromatic N) is 3. The Hall–Kier alpha value is -2.63. The Morgan fingerprint density at radius 3 is 2.75 bits per heavy atom. The molecule has 0 bridgehead atoms. The Kier molecular flexibility index (Phi) is 4.93. The number of aromatic nitrogens is 1. The number of hydrogen-bond donors (Lipinski definition) is 0. The lowest BCUT2D eigenvalue weighted by molar-refractivity contribution is -0.133. The summed E-state index contributed by atoms with van der Waals surface area (Å²) in [5, 5.41) is 3.71. The van der Waals surface area contributed by atoms with Crippen LogP contribution in [0.15, 0.2) is 47.2 Å². The molecule has 126 valence electrons. The summed E-state index contributed by atoms with van der Waals surface area (Å²) in [6, 6.07) is 11.5. The van der Waals surface area contributed by atoms with Gasteiger partial charge in [0.1, 0.15) is 6.26 Å². The Labute approximate surface area is 141 Å². The molecule has 1 atom stereocenters. The quantitative estimate of drug-likeness (QED) is 0.864. The third-order valence-corrected chi connectivity index (χ3v) is 4.40. The summed E-state index contributed by atoms with van der Waals surface area (Å²) in [5.74, 6) is -0.0993. The first-order chi connectivity index (χ1) is 11.7. The standard InChI is InChI=1S/C18H21N3O3/c1-2-15-13-20(18(23)16-9-11-24-19-16)10-8-17(22)21(15)12-14-6-4-3-5-7-14/h3-7,9,11,15H,2,8,10,12-13H2,1H3/t15-/m1/s1. The maximum Gasteiger partial charge on any atom is 0.276 e. The summed E-state index contributed by atoms with van der Waals surface area (Å²) in [6.45, 7) is 3.54. The minimum Gasteiger partial charge on any atom is -0.364 e. The minimum atomic E-state index is -0.184. The fourth-order valence-corrected chi connectivity index (χ4v) is 3.04. The molecule has 24 heavy (non-hydrogen) atoms. The summed E-state index contributed by atoms with van der Waals surface area (Å²) in [5.41, 5.74) is 1.38. The minimum absolute atomic E-state index is 0.00365. The van der Waals surface area contributed by atoms with Crippen molar-refractivity contribution in [1.29, 1.82) is 0 Å². The van der Waals surface area contributed by atoms with E-state index in [1.807, 2.05) is 42.2 Å². The van der Waals surface area contributed by atoms with Crippen LogP contribution in [0.5, 0.6) is 0 Å². The zero-order valence-corrected chi connectivity index (χ0v) is 13.7. The van der Waals surface area contributed by atoms with E-state index in [1.165, 1.54) is 6.26 Å². The predicted molar refractivity (Wildman–Crippen MR) is 88.1 cm³/mol. The third-order valence-electron chi connectivity index (χ3n) is 4.40. The molecule has 0 saturated carbocycles. The lowest BCUT2D eigenvalue weighted by Crippen LogP contribution is -2.43. The van der Waals surface area contributed by atoms with Gasteiger partial charge in [0.25, 0.3) is 5.91 Å². The molecule has 1 aromatic carbocycles. The van der Waals surface area contributed by atoms with Crippen LogP contribution in [-0.4, -0.2) is 45.9 Å². The molecule has 1 aliphatic heterocycles. The van der Waals surface area contributed by atoms with Gasteiger partial charge in [0.05, 0.1) is 0 Å². The number of rotatable bonds is 4. The number of carbonyl (C=O) groups excluding carboxylic acids is 2. The Morgan fingerprint density at radius 1 is 1.29 bits per heavy atom. The van der Waals surface area contributed by atoms with Crippen molar-refractivity contribution in [3.8, 4) is 0 Å². The van der Waals surface area contributed by atoms with Gasteiger partial charge >= 0.3 is 0 Å². The average Bonchev–Trinajstić information content (AvgIpc) is 3.10. The van der Waals surface area contributed by atoms with E-state index >= 15 is 0 Å². The molecule has 0 aliphatic carbocycles. The van der Waals surface area contributed by atoms with Crippen molar-refractivity contribution < 1.29 is 14.1 Å². The van der Waals surface area contributed by atoms with Crippen LogP contribution >= 0.6 is 0 Å². The lowest BCUT2D eigenvalue weighted by Gasteiger charge is -2.31. The largest absolute Gasteiger partial charge is 0.364 e. The fraction of sp³-hybridized carbons (Fsp3) is 0.389. The molecular weight excluding hydrogens is 306 g/mol. The smallest absolute Gasteiger partial charge is 0.276 e. The highest BCUT2D eigenvalue weighted by molar-refractivity contribution is 5.92. The molecule has 1 aliphatic rings. The van der Waals surface area contributed by atoms with Crippen LogP contribution in [0.1, 0.15) is 35.8 Å². The first-order valence-electron chi connectivity index (χ1n) is 8.22. The number of benzene rings is 1. The molecule has 1 aromatic heterocycles. The average molecular weight is 327 g/mol. The molecule has 1 fully saturated rings. The van der Waals surface area contributed by atoms with Gasteiger partial charge in [-0.05, 0) is 12.0 Å². The second kappa shape index (κ2) is 7.29. The van der Waals surface area contributed by atoms with Gasteiger partial charge in [-0.25, -0.2) is 0 Å². The molecule has 2 amide bonds. The molecule has 6 nitrogen and oxygen atoms in total. The van der Waals surface area contributed by atoms with E-state index in [0.717, 1.165) is 12.0 Å². The van der Waals surface area contributed by atoms with E-state index in [1.54, 1.807) is 11.0 Å². The van der Waals surface area contributed by atoms with Crippen molar-refractivity contribution in [1.82, 2.24) is 15.0 Å². The molecule has 6 heteroatoms. The second-order valence-electron chi connectivity index (χ2n) is 5.96. The van der Waals surface area contributed by atoms with Crippen LogP contribution < -0.4 is 0 Å². The van der Waals surface area contributed by atoms with Crippen molar-refractivity contribution in [3.63, 3.8) is 0 Å². The highest BCUT2D eigenvalue weighted by Crippen LogP contribution is 2.19. The van der Waals surface area contributed by atoms with Crippen molar-refractivity contribution in [3.05, 3.63) is 53.9 Å². The molecular formula is C18H21N3O3. The van der Waals surface area contributed by atoms with E-state index in [-0.39, 0.29) is 23.6 Å². The van der Waals surface area contributed by atoms with Gasteiger partial charge in [0.15, 0.2) is 5.69 Å². The molecule has 1 saturated heterocycles. The summed E-state index contributed by atoms with van der Waals surface area (Å²) >= 11 is 0. The van der Waals surface area contributed by atoms with Gasteiger partial charge in [-0.1, -0.05) is 42.4 Å². The Morgan fingerprint density at radius 2 is 2.08 bits per heavy atom. The molecule has 0 radical (unpaired) electrons. The van der Waals surface area contributed by atoms with E-state index in [9.17, 15) is 9.59 Å². The number of carbonyl (C=O) groups is 2. The van der Waals surface area contributed by atoms with Gasteiger partial charge in [-0.2, -0.15) is 0 Å². The Balaban J connectivity index is 1.77. The van der Waals surface area contributed by atoms with Crippen molar-refractivity contribution in [2.24, 2.45) is 0 Å². The highest BCUT2D eigenvalue weighted by Gasteiger charge is 2.31. The maximum absolute atomic E-state index is 12.6. The van der Waals surface area contributed by atoms with Crippen LogP contribution in [0.2, 0.25) is 0 Å². The zero-order valence-electron chi connectivity index (χ0n) is 13.7. The van der Waals surface area contributed by atoms with Crippen LogP contribution in [0.4, 0.5) is 0 Å². The second-order valence-corrected chi connectivity index (χ2v) is 5.96. The third kappa shape index (κ3) is 3.48. The normalized spacial score (nSPS) is 18.5. The van der Waals surface area contributed by atoms with Crippen molar-refractivity contribution >= 4 is 11.8 Å². The molecule has 2 heterocycles. The van der Waals surface area contributed by atoms with Crippen LogP contribution in [0, 0.1) is 0 Å². The molecule has 3 rings (SSSR count). The highest BCUT2D eigenvalue weighted by atomic mass is 16.5. The fourth-order valence-electron chi connectivity index (χ4n) is 3.04. The summed E-state index contributed by atoms with van der Waals surface area (Å²) in [6.07, 6.45) is 2.50. The summed E-state index contributed by atoms with van der Waals surface area (Å²) in [4.78, 5) is 28.7. The van der Waals surface area contributed by atoms with Gasteiger partial charge in [0.2, 0.25) is 5.91 Å². The van der Waals surface area contributed by atoms with Crippen LogP contribution in [0.3, 0.4) is 0 Å². The number of amides is 2. The molecule has 0 N–H and O–H groups in total. The monoisotopic (exact) mass is 327 g/mol. The zero-order chi connectivity index (χ0) is 16.9. The van der Waals surface area contributed by atoms with E-state index in [2.05, 4.69) is 5.16 Å². The topological polar surface area (TPSA) is 66.7 Å². The lowest BCUT2D eigenvalue weighted by atomic mass is 10.1.